The van der Waals surface area contributed by atoms with Crippen molar-refractivity contribution in [3.63, 3.8) is 0 Å². The zero-order valence-corrected chi connectivity index (χ0v) is 10.7. The molecule has 1 unspecified atom stereocenters. The second-order valence-corrected chi connectivity index (χ2v) is 4.04. The van der Waals surface area contributed by atoms with Crippen molar-refractivity contribution in [2.24, 2.45) is 11.7 Å². The van der Waals surface area contributed by atoms with Crippen LogP contribution in [-0.4, -0.2) is 17.5 Å². The van der Waals surface area contributed by atoms with Crippen LogP contribution in [0.4, 0.5) is 5.69 Å². The molecule has 5 heteroatoms. The molecular formula is C12H16N2O2S. The summed E-state index contributed by atoms with van der Waals surface area (Å²) in [6, 6.07) is 7.14. The van der Waals surface area contributed by atoms with Gasteiger partial charge < -0.3 is 15.8 Å². The molecule has 1 amide bonds. The number of ether oxygens (including phenoxy) is 1. The van der Waals surface area contributed by atoms with Gasteiger partial charge in [0.15, 0.2) is 0 Å². The number of carbonyl (C=O) groups excluding carboxylic acids is 1. The van der Waals surface area contributed by atoms with E-state index in [4.69, 9.17) is 22.7 Å². The minimum absolute atomic E-state index is 0.188. The van der Waals surface area contributed by atoms with Crippen LogP contribution in [0.25, 0.3) is 0 Å². The van der Waals surface area contributed by atoms with Gasteiger partial charge in [0.1, 0.15) is 5.75 Å². The van der Waals surface area contributed by atoms with E-state index in [0.717, 1.165) is 5.75 Å². The molecule has 1 atom stereocenters. The Kier molecular flexibility index (Phi) is 4.90. The lowest BCUT2D eigenvalue weighted by atomic mass is 10.1. The molecule has 1 rings (SSSR count). The Hall–Kier alpha value is -1.62. The van der Waals surface area contributed by atoms with Gasteiger partial charge in [0, 0.05) is 5.69 Å². The summed E-state index contributed by atoms with van der Waals surface area (Å²) < 4.78 is 5.30. The molecule has 0 fully saturated rings. The van der Waals surface area contributed by atoms with Crippen LogP contribution in [0.2, 0.25) is 0 Å². The van der Waals surface area contributed by atoms with E-state index >= 15 is 0 Å². The minimum Gasteiger partial charge on any atom is -0.494 e. The maximum absolute atomic E-state index is 11.7. The van der Waals surface area contributed by atoms with Crippen molar-refractivity contribution in [3.05, 3.63) is 24.3 Å². The second-order valence-electron chi connectivity index (χ2n) is 3.57. The van der Waals surface area contributed by atoms with Crippen molar-refractivity contribution in [1.29, 1.82) is 0 Å². The number of benzene rings is 1. The number of anilines is 1. The highest BCUT2D eigenvalue weighted by Gasteiger charge is 2.15. The second kappa shape index (κ2) is 6.20. The molecule has 92 valence electrons. The molecule has 0 aliphatic heterocycles. The van der Waals surface area contributed by atoms with Crippen LogP contribution in [-0.2, 0) is 4.79 Å². The Bertz CT molecular complexity index is 403. The predicted molar refractivity (Wildman–Crippen MR) is 72.2 cm³/mol. The average molecular weight is 252 g/mol. The van der Waals surface area contributed by atoms with Gasteiger partial charge in [0.2, 0.25) is 5.91 Å². The molecular weight excluding hydrogens is 236 g/mol. The van der Waals surface area contributed by atoms with E-state index < -0.39 is 5.92 Å². The quantitative estimate of drug-likeness (QED) is 0.786. The smallest absolute Gasteiger partial charge is 0.234 e. The van der Waals surface area contributed by atoms with E-state index in [-0.39, 0.29) is 10.9 Å². The molecule has 0 saturated heterocycles. The maximum Gasteiger partial charge on any atom is 0.234 e. The Morgan fingerprint density at radius 1 is 1.47 bits per heavy atom. The third kappa shape index (κ3) is 4.03. The summed E-state index contributed by atoms with van der Waals surface area (Å²) in [6.45, 7) is 4.20. The fourth-order valence-corrected chi connectivity index (χ4v) is 1.29. The molecule has 1 aromatic carbocycles. The summed E-state index contributed by atoms with van der Waals surface area (Å²) in [5, 5.41) is 2.73. The van der Waals surface area contributed by atoms with E-state index in [1.54, 1.807) is 31.2 Å². The van der Waals surface area contributed by atoms with E-state index in [1.807, 2.05) is 6.92 Å². The first-order chi connectivity index (χ1) is 8.04. The number of hydrogen-bond donors (Lipinski definition) is 2. The van der Waals surface area contributed by atoms with Gasteiger partial charge in [-0.3, -0.25) is 4.79 Å². The van der Waals surface area contributed by atoms with E-state index in [0.29, 0.717) is 12.3 Å². The topological polar surface area (TPSA) is 64.3 Å². The summed E-state index contributed by atoms with van der Waals surface area (Å²) in [4.78, 5) is 11.8. The van der Waals surface area contributed by atoms with Crippen LogP contribution in [0.5, 0.6) is 5.75 Å². The number of carbonyl (C=O) groups is 1. The van der Waals surface area contributed by atoms with Gasteiger partial charge >= 0.3 is 0 Å². The SMILES string of the molecule is CCOc1ccc(NC(=O)C(C)C(N)=S)cc1. The van der Waals surface area contributed by atoms with Crippen molar-refractivity contribution in [2.45, 2.75) is 13.8 Å². The summed E-state index contributed by atoms with van der Waals surface area (Å²) in [7, 11) is 0. The average Bonchev–Trinajstić information content (AvgIpc) is 2.30. The van der Waals surface area contributed by atoms with Crippen molar-refractivity contribution >= 4 is 28.8 Å². The molecule has 0 aliphatic carbocycles. The third-order valence-electron chi connectivity index (χ3n) is 2.25. The van der Waals surface area contributed by atoms with Crippen molar-refractivity contribution in [1.82, 2.24) is 0 Å². The van der Waals surface area contributed by atoms with Gasteiger partial charge in [0.25, 0.3) is 0 Å². The van der Waals surface area contributed by atoms with Crippen LogP contribution in [0.1, 0.15) is 13.8 Å². The number of hydrogen-bond acceptors (Lipinski definition) is 3. The Morgan fingerprint density at radius 3 is 2.53 bits per heavy atom. The highest BCUT2D eigenvalue weighted by molar-refractivity contribution is 7.80. The zero-order valence-electron chi connectivity index (χ0n) is 9.90. The normalized spacial score (nSPS) is 11.6. The maximum atomic E-state index is 11.7. The molecule has 3 N–H and O–H groups in total. The van der Waals surface area contributed by atoms with Crippen LogP contribution < -0.4 is 15.8 Å². The molecule has 0 saturated carbocycles. The minimum atomic E-state index is -0.475. The fourth-order valence-electron chi connectivity index (χ4n) is 1.18. The van der Waals surface area contributed by atoms with Gasteiger partial charge in [-0.1, -0.05) is 12.2 Å². The van der Waals surface area contributed by atoms with Crippen LogP contribution in [0, 0.1) is 5.92 Å². The van der Waals surface area contributed by atoms with E-state index in [9.17, 15) is 4.79 Å². The first-order valence-electron chi connectivity index (χ1n) is 5.37. The highest BCUT2D eigenvalue weighted by atomic mass is 32.1. The number of rotatable bonds is 5. The van der Waals surface area contributed by atoms with E-state index in [1.165, 1.54) is 0 Å². The lowest BCUT2D eigenvalue weighted by Gasteiger charge is -2.11. The Labute approximate surface area is 106 Å². The molecule has 0 aromatic heterocycles. The number of nitrogens with two attached hydrogens (primary N) is 1. The Morgan fingerprint density at radius 2 is 2.06 bits per heavy atom. The monoisotopic (exact) mass is 252 g/mol. The first kappa shape index (κ1) is 13.4. The van der Waals surface area contributed by atoms with Gasteiger partial charge in [-0.15, -0.1) is 0 Å². The van der Waals surface area contributed by atoms with Crippen LogP contribution >= 0.6 is 12.2 Å². The molecule has 0 spiro atoms. The lowest BCUT2D eigenvalue weighted by molar-refractivity contribution is -0.117. The van der Waals surface area contributed by atoms with Gasteiger partial charge in [-0.2, -0.15) is 0 Å². The van der Waals surface area contributed by atoms with Crippen molar-refractivity contribution in [3.8, 4) is 5.75 Å². The molecule has 0 aliphatic rings. The zero-order chi connectivity index (χ0) is 12.8. The van der Waals surface area contributed by atoms with Gasteiger partial charge in [-0.05, 0) is 38.1 Å². The van der Waals surface area contributed by atoms with Gasteiger partial charge in [0.05, 0.1) is 17.5 Å². The number of thiocarbonyl (C=S) groups is 1. The summed E-state index contributed by atoms with van der Waals surface area (Å²) in [6.07, 6.45) is 0. The molecule has 0 heterocycles. The third-order valence-corrected chi connectivity index (χ3v) is 2.61. The predicted octanol–water partition coefficient (Wildman–Crippen LogP) is 1.95. The molecule has 1 aromatic rings. The van der Waals surface area contributed by atoms with Crippen LogP contribution in [0.15, 0.2) is 24.3 Å². The van der Waals surface area contributed by atoms with Crippen LogP contribution in [0.3, 0.4) is 0 Å². The summed E-state index contributed by atoms with van der Waals surface area (Å²) >= 11 is 4.76. The fraction of sp³-hybridized carbons (Fsp3) is 0.333. The van der Waals surface area contributed by atoms with Crippen molar-refractivity contribution in [2.75, 3.05) is 11.9 Å². The first-order valence-corrected chi connectivity index (χ1v) is 5.78. The number of nitrogens with one attached hydrogen (secondary N) is 1. The van der Waals surface area contributed by atoms with E-state index in [2.05, 4.69) is 5.32 Å². The molecule has 0 radical (unpaired) electrons. The largest absolute Gasteiger partial charge is 0.494 e. The molecule has 17 heavy (non-hydrogen) atoms. The summed E-state index contributed by atoms with van der Waals surface area (Å²) in [5.74, 6) is 0.0890. The standard InChI is InChI=1S/C12H16N2O2S/c1-3-16-10-6-4-9(5-7-10)14-12(15)8(2)11(13)17/h4-8H,3H2,1-2H3,(H2,13,17)(H,14,15). The lowest BCUT2D eigenvalue weighted by Crippen LogP contribution is -2.30. The number of amides is 1. The highest BCUT2D eigenvalue weighted by Crippen LogP contribution is 2.16. The molecule has 0 bridgehead atoms. The Balaban J connectivity index is 2.63. The summed E-state index contributed by atoms with van der Waals surface area (Å²) in [5.41, 5.74) is 6.10. The van der Waals surface area contributed by atoms with Gasteiger partial charge in [-0.25, -0.2) is 0 Å². The molecule has 4 nitrogen and oxygen atoms in total. The van der Waals surface area contributed by atoms with Crippen molar-refractivity contribution < 1.29 is 9.53 Å².